The van der Waals surface area contributed by atoms with Crippen LogP contribution < -0.4 is 10.9 Å². The maximum atomic E-state index is 14.2. The Labute approximate surface area is 280 Å². The molecule has 1 N–H and O–H groups in total. The molecule has 12 nitrogen and oxygen atoms in total. The van der Waals surface area contributed by atoms with Gasteiger partial charge in [0.1, 0.15) is 17.8 Å². The molecule has 4 aromatic rings. The number of nitrogens with zero attached hydrogens (tertiary/aromatic N) is 6. The zero-order valence-corrected chi connectivity index (χ0v) is 26.7. The quantitative estimate of drug-likeness (QED) is 0.313. The van der Waals surface area contributed by atoms with Gasteiger partial charge in [-0.3, -0.25) is 14.4 Å². The van der Waals surface area contributed by atoms with Gasteiger partial charge in [-0.15, -0.1) is 5.10 Å². The van der Waals surface area contributed by atoms with Crippen molar-refractivity contribution in [1.29, 1.82) is 0 Å². The van der Waals surface area contributed by atoms with Crippen molar-refractivity contribution in [3.8, 4) is 0 Å². The molecule has 0 saturated carbocycles. The van der Waals surface area contributed by atoms with Crippen LogP contribution in [0.5, 0.6) is 0 Å². The molecule has 3 aromatic heterocycles. The van der Waals surface area contributed by atoms with Gasteiger partial charge in [-0.05, 0) is 56.0 Å². The van der Waals surface area contributed by atoms with Crippen LogP contribution in [0.2, 0.25) is 10.0 Å². The smallest absolute Gasteiger partial charge is 0.381 e. The molecule has 0 atom stereocenters. The van der Waals surface area contributed by atoms with Gasteiger partial charge in [0, 0.05) is 38.4 Å². The van der Waals surface area contributed by atoms with E-state index >= 15 is 0 Å². The van der Waals surface area contributed by atoms with E-state index in [9.17, 15) is 27.6 Å². The number of alkyl halides is 3. The summed E-state index contributed by atoms with van der Waals surface area (Å²) in [7, 11) is 0. The highest BCUT2D eigenvalue weighted by atomic mass is 35.5. The Morgan fingerprint density at radius 3 is 2.52 bits per heavy atom. The van der Waals surface area contributed by atoms with Gasteiger partial charge in [-0.2, -0.15) is 22.7 Å². The van der Waals surface area contributed by atoms with Crippen molar-refractivity contribution in [3.05, 3.63) is 85.3 Å². The van der Waals surface area contributed by atoms with Gasteiger partial charge in [0.25, 0.3) is 11.5 Å². The second-order valence-corrected chi connectivity index (χ2v) is 12.7. The number of hydrogen-bond acceptors (Lipinski definition) is 8. The third-order valence-corrected chi connectivity index (χ3v) is 9.71. The third-order valence-electron chi connectivity index (χ3n) is 9.09. The molecule has 1 spiro atoms. The Morgan fingerprint density at radius 1 is 1.08 bits per heavy atom. The molecule has 252 valence electrons. The number of rotatable bonds is 5. The molecule has 17 heteroatoms. The monoisotopic (exact) mass is 705 g/mol. The molecule has 7 rings (SSSR count). The number of carbonyl (C=O) groups excluding carboxylic acids is 2. The number of benzene rings is 1. The molecular formula is C31H28Cl2F3N7O5. The lowest BCUT2D eigenvalue weighted by Crippen LogP contribution is -2.47. The van der Waals surface area contributed by atoms with Gasteiger partial charge in [-0.25, -0.2) is 4.98 Å². The van der Waals surface area contributed by atoms with Crippen molar-refractivity contribution in [2.24, 2.45) is 0 Å². The number of nitrogens with one attached hydrogen (secondary N) is 1. The molecule has 3 aliphatic rings. The highest BCUT2D eigenvalue weighted by molar-refractivity contribution is 6.34. The Kier molecular flexibility index (Phi) is 8.42. The number of carbonyl (C=O) groups is 2. The third kappa shape index (κ3) is 5.82. The van der Waals surface area contributed by atoms with Gasteiger partial charge in [-0.1, -0.05) is 23.2 Å². The van der Waals surface area contributed by atoms with Crippen molar-refractivity contribution < 1.29 is 32.2 Å². The van der Waals surface area contributed by atoms with Crippen molar-refractivity contribution in [2.45, 2.75) is 56.5 Å². The number of piperidine rings is 1. The van der Waals surface area contributed by atoms with Crippen LogP contribution in [0.1, 0.15) is 64.7 Å². The first-order valence-corrected chi connectivity index (χ1v) is 16.0. The Morgan fingerprint density at radius 2 is 1.83 bits per heavy atom. The van der Waals surface area contributed by atoms with Crippen LogP contribution in [-0.4, -0.2) is 67.2 Å². The van der Waals surface area contributed by atoms with Crippen LogP contribution >= 0.6 is 23.2 Å². The molecule has 0 unspecified atom stereocenters. The van der Waals surface area contributed by atoms with Crippen molar-refractivity contribution in [2.75, 3.05) is 31.6 Å². The highest BCUT2D eigenvalue weighted by Gasteiger charge is 2.48. The van der Waals surface area contributed by atoms with E-state index in [-0.39, 0.29) is 78.1 Å². The molecule has 2 amide bonds. The molecule has 0 radical (unpaired) electrons. The van der Waals surface area contributed by atoms with E-state index in [0.29, 0.717) is 43.1 Å². The number of anilines is 1. The minimum Gasteiger partial charge on any atom is -0.381 e. The van der Waals surface area contributed by atoms with E-state index in [4.69, 9.17) is 37.7 Å². The van der Waals surface area contributed by atoms with Crippen LogP contribution in [-0.2, 0) is 39.2 Å². The van der Waals surface area contributed by atoms with E-state index in [1.807, 2.05) is 0 Å². The summed E-state index contributed by atoms with van der Waals surface area (Å²) in [5.41, 5.74) is -1.57. The minimum absolute atomic E-state index is 0.00879. The minimum atomic E-state index is -4.60. The van der Waals surface area contributed by atoms with Crippen LogP contribution in [0.3, 0.4) is 0 Å². The fraction of sp³-hybridized carbons (Fsp3) is 0.419. The van der Waals surface area contributed by atoms with E-state index in [1.165, 1.54) is 10.7 Å². The largest absolute Gasteiger partial charge is 0.416 e. The van der Waals surface area contributed by atoms with Gasteiger partial charge >= 0.3 is 6.18 Å². The first-order valence-electron chi connectivity index (χ1n) is 15.3. The number of fused-ring (bicyclic) bond motifs is 3. The van der Waals surface area contributed by atoms with Crippen molar-refractivity contribution in [3.63, 3.8) is 0 Å². The Hall–Kier alpha value is -4.05. The topological polar surface area (TPSA) is 133 Å². The zero-order valence-electron chi connectivity index (χ0n) is 25.2. The fourth-order valence-corrected chi connectivity index (χ4v) is 7.01. The number of amides is 2. The van der Waals surface area contributed by atoms with Crippen molar-refractivity contribution in [1.82, 2.24) is 29.0 Å². The molecule has 3 aliphatic heterocycles. The van der Waals surface area contributed by atoms with Crippen LogP contribution in [0.25, 0.3) is 5.78 Å². The highest BCUT2D eigenvalue weighted by Crippen LogP contribution is 2.43. The predicted octanol–water partition coefficient (Wildman–Crippen LogP) is 4.81. The van der Waals surface area contributed by atoms with E-state index in [1.54, 1.807) is 21.6 Å². The first-order chi connectivity index (χ1) is 22.9. The van der Waals surface area contributed by atoms with Crippen LogP contribution in [0, 0.1) is 0 Å². The van der Waals surface area contributed by atoms with Crippen LogP contribution in [0.15, 0.2) is 41.3 Å². The molecule has 0 aliphatic carbocycles. The van der Waals surface area contributed by atoms with Crippen molar-refractivity contribution >= 4 is 46.5 Å². The normalized spacial score (nSPS) is 18.0. The zero-order chi connectivity index (χ0) is 33.8. The standard InChI is InChI=1S/C31H28Cl2F3N7O5/c32-19-2-1-9-37-25(19)28(46)41-10-7-30(8-11-41)24-22(16-48-30)42(15-23(44)38-21-4-3-18(14-20(21)33)31(34,35)36)29-39-26(40-43(29)27(24)45)17-5-12-47-13-6-17/h1-4,9,14,17H,5-8,10-13,15-16H2,(H,38,44). The SMILES string of the molecule is O=C(Cn1c2c(c(=O)n3nc(C4CCOCC4)nc13)C1(CCN(C(=O)c3ncccc3Cl)CC1)OC2)Nc1ccc(C(F)(F)F)cc1Cl. The average Bonchev–Trinajstić information content (AvgIpc) is 3.68. The first kappa shape index (κ1) is 32.5. The number of ether oxygens (including phenoxy) is 2. The maximum Gasteiger partial charge on any atom is 0.416 e. The number of likely N-dealkylation sites (tertiary alicyclic amines) is 1. The van der Waals surface area contributed by atoms with Gasteiger partial charge < -0.3 is 24.3 Å². The lowest BCUT2D eigenvalue weighted by molar-refractivity contribution is -0.137. The van der Waals surface area contributed by atoms with Crippen LogP contribution in [0.4, 0.5) is 18.9 Å². The maximum absolute atomic E-state index is 14.2. The summed E-state index contributed by atoms with van der Waals surface area (Å²) in [6, 6.07) is 5.87. The molecule has 2 fully saturated rings. The number of halogens is 5. The second-order valence-electron chi connectivity index (χ2n) is 11.9. The molecular weight excluding hydrogens is 678 g/mol. The molecule has 0 bridgehead atoms. The summed E-state index contributed by atoms with van der Waals surface area (Å²) in [5.74, 6) is -0.432. The summed E-state index contributed by atoms with van der Waals surface area (Å²) in [4.78, 5) is 51.3. The molecule has 6 heterocycles. The second kappa shape index (κ2) is 12.4. The van der Waals surface area contributed by atoms with E-state index < -0.39 is 28.8 Å². The Balaban J connectivity index is 1.23. The summed E-state index contributed by atoms with van der Waals surface area (Å²) in [6.07, 6.45) is -1.22. The number of hydrogen-bond donors (Lipinski definition) is 1. The lowest BCUT2D eigenvalue weighted by atomic mass is 9.85. The van der Waals surface area contributed by atoms with Gasteiger partial charge in [0.2, 0.25) is 11.7 Å². The van der Waals surface area contributed by atoms with E-state index in [0.717, 1.165) is 18.2 Å². The molecule has 2 saturated heterocycles. The summed E-state index contributed by atoms with van der Waals surface area (Å²) in [5, 5.41) is 7.12. The summed E-state index contributed by atoms with van der Waals surface area (Å²) in [6.45, 7) is 1.16. The van der Waals surface area contributed by atoms with Gasteiger partial charge in [0.15, 0.2) is 5.82 Å². The Bertz CT molecular complexity index is 1990. The van der Waals surface area contributed by atoms with E-state index in [2.05, 4.69) is 15.4 Å². The van der Waals surface area contributed by atoms with Gasteiger partial charge in [0.05, 0.1) is 39.2 Å². The fourth-order valence-electron chi connectivity index (χ4n) is 6.58. The number of pyridine rings is 1. The lowest BCUT2D eigenvalue weighted by Gasteiger charge is -2.38. The predicted molar refractivity (Wildman–Crippen MR) is 166 cm³/mol. The number of aromatic nitrogens is 5. The molecule has 48 heavy (non-hydrogen) atoms. The summed E-state index contributed by atoms with van der Waals surface area (Å²) >= 11 is 12.3. The average molecular weight is 707 g/mol. The molecule has 1 aromatic carbocycles. The summed E-state index contributed by atoms with van der Waals surface area (Å²) < 4.78 is 54.0.